The zero-order chi connectivity index (χ0) is 15.2. The van der Waals surface area contributed by atoms with Gasteiger partial charge in [0.2, 0.25) is 0 Å². The van der Waals surface area contributed by atoms with Crippen LogP contribution in [-0.4, -0.2) is 25.3 Å². The molecule has 0 radical (unpaired) electrons. The molecule has 1 saturated carbocycles. The van der Waals surface area contributed by atoms with E-state index in [1.807, 2.05) is 0 Å². The highest BCUT2D eigenvalue weighted by molar-refractivity contribution is 5.94. The van der Waals surface area contributed by atoms with Crippen LogP contribution in [0, 0.1) is 5.92 Å². The van der Waals surface area contributed by atoms with Gasteiger partial charge in [-0.05, 0) is 38.0 Å². The molecular weight excluding hydrogens is 268 g/mol. The molecule has 4 nitrogen and oxygen atoms in total. The Balaban J connectivity index is 1.98. The molecule has 0 N–H and O–H groups in total. The third kappa shape index (κ3) is 4.06. The quantitative estimate of drug-likeness (QED) is 0.753. The molecule has 0 bridgehead atoms. The van der Waals surface area contributed by atoms with Crippen molar-refractivity contribution in [2.45, 2.75) is 39.0 Å². The van der Waals surface area contributed by atoms with E-state index < -0.39 is 0 Å². The first kappa shape index (κ1) is 15.5. The molecule has 0 aliphatic heterocycles. The number of ether oxygens (including phenoxy) is 2. The average molecular weight is 290 g/mol. The van der Waals surface area contributed by atoms with Gasteiger partial charge in [-0.2, -0.15) is 0 Å². The Kier molecular flexibility index (Phi) is 5.37. The molecule has 1 aromatic carbocycles. The Bertz CT molecular complexity index is 516. The summed E-state index contributed by atoms with van der Waals surface area (Å²) >= 11 is 0. The Morgan fingerprint density at radius 1 is 1.14 bits per heavy atom. The largest absolute Gasteiger partial charge is 0.493 e. The van der Waals surface area contributed by atoms with Gasteiger partial charge in [-0.1, -0.05) is 19.3 Å². The van der Waals surface area contributed by atoms with Crippen molar-refractivity contribution in [3.8, 4) is 11.5 Å². The van der Waals surface area contributed by atoms with Crippen molar-refractivity contribution in [2.75, 3.05) is 13.7 Å². The van der Waals surface area contributed by atoms with Crippen molar-refractivity contribution in [1.29, 1.82) is 0 Å². The second-order valence-electron chi connectivity index (χ2n) is 5.51. The second kappa shape index (κ2) is 7.25. The molecule has 1 aromatic rings. The summed E-state index contributed by atoms with van der Waals surface area (Å²) in [5.74, 6) is 1.26. The van der Waals surface area contributed by atoms with Crippen LogP contribution in [0.4, 0.5) is 0 Å². The maximum absolute atomic E-state index is 12.1. The van der Waals surface area contributed by atoms with Gasteiger partial charge in [0.1, 0.15) is 6.61 Å². The lowest BCUT2D eigenvalue weighted by molar-refractivity contribution is -0.125. The number of rotatable bonds is 6. The van der Waals surface area contributed by atoms with E-state index in [4.69, 9.17) is 9.47 Å². The monoisotopic (exact) mass is 290 g/mol. The molecule has 0 amide bonds. The number of hydrogen-bond donors (Lipinski definition) is 0. The van der Waals surface area contributed by atoms with Gasteiger partial charge in [0.05, 0.1) is 7.11 Å². The van der Waals surface area contributed by atoms with Gasteiger partial charge in [0.25, 0.3) is 0 Å². The van der Waals surface area contributed by atoms with Crippen molar-refractivity contribution in [3.05, 3.63) is 23.8 Å². The molecule has 114 valence electrons. The van der Waals surface area contributed by atoms with Crippen LogP contribution in [-0.2, 0) is 4.79 Å². The zero-order valence-electron chi connectivity index (χ0n) is 12.7. The number of hydrogen-bond acceptors (Lipinski definition) is 4. The minimum Gasteiger partial charge on any atom is -0.493 e. The summed E-state index contributed by atoms with van der Waals surface area (Å²) in [6.07, 6.45) is 5.44. The van der Waals surface area contributed by atoms with Crippen LogP contribution in [0.5, 0.6) is 11.5 Å². The summed E-state index contributed by atoms with van der Waals surface area (Å²) < 4.78 is 10.8. The number of benzene rings is 1. The van der Waals surface area contributed by atoms with Crippen molar-refractivity contribution in [3.63, 3.8) is 0 Å². The number of ketones is 2. The van der Waals surface area contributed by atoms with Crippen LogP contribution in [0.1, 0.15) is 49.4 Å². The van der Waals surface area contributed by atoms with E-state index in [1.165, 1.54) is 20.5 Å². The lowest BCUT2D eigenvalue weighted by atomic mass is 9.86. The van der Waals surface area contributed by atoms with Crippen LogP contribution in [0.25, 0.3) is 0 Å². The summed E-state index contributed by atoms with van der Waals surface area (Å²) in [5, 5.41) is 0. The van der Waals surface area contributed by atoms with E-state index in [2.05, 4.69) is 0 Å². The van der Waals surface area contributed by atoms with Gasteiger partial charge in [0, 0.05) is 11.5 Å². The number of methoxy groups -OCH3 is 1. The van der Waals surface area contributed by atoms with Gasteiger partial charge in [-0.15, -0.1) is 0 Å². The first-order chi connectivity index (χ1) is 10.1. The van der Waals surface area contributed by atoms with Gasteiger partial charge in [0.15, 0.2) is 23.1 Å². The van der Waals surface area contributed by atoms with Crippen LogP contribution in [0.2, 0.25) is 0 Å². The van der Waals surface area contributed by atoms with Gasteiger partial charge < -0.3 is 9.47 Å². The maximum atomic E-state index is 12.1. The zero-order valence-corrected chi connectivity index (χ0v) is 12.7. The third-order valence-corrected chi connectivity index (χ3v) is 4.00. The van der Waals surface area contributed by atoms with Crippen LogP contribution < -0.4 is 9.47 Å². The van der Waals surface area contributed by atoms with Gasteiger partial charge >= 0.3 is 0 Å². The SMILES string of the molecule is COc1cc(C(C)=O)ccc1OCC(=O)C1CCCCC1. The molecule has 21 heavy (non-hydrogen) atoms. The lowest BCUT2D eigenvalue weighted by Gasteiger charge is -2.20. The Labute approximate surface area is 125 Å². The summed E-state index contributed by atoms with van der Waals surface area (Å²) in [6, 6.07) is 5.01. The Morgan fingerprint density at radius 3 is 2.48 bits per heavy atom. The normalized spacial score (nSPS) is 15.5. The molecule has 0 saturated heterocycles. The highest BCUT2D eigenvalue weighted by atomic mass is 16.5. The molecule has 1 aliphatic rings. The molecule has 1 aliphatic carbocycles. The number of carbonyl (C=O) groups is 2. The molecule has 1 fully saturated rings. The molecule has 4 heteroatoms. The van der Waals surface area contributed by atoms with Crippen LogP contribution in [0.15, 0.2) is 18.2 Å². The van der Waals surface area contributed by atoms with E-state index >= 15 is 0 Å². The molecule has 0 unspecified atom stereocenters. The van der Waals surface area contributed by atoms with Crippen LogP contribution >= 0.6 is 0 Å². The van der Waals surface area contributed by atoms with Crippen molar-refractivity contribution in [2.24, 2.45) is 5.92 Å². The fraction of sp³-hybridized carbons (Fsp3) is 0.529. The Morgan fingerprint density at radius 2 is 1.86 bits per heavy atom. The lowest BCUT2D eigenvalue weighted by Crippen LogP contribution is -2.23. The minimum atomic E-state index is -0.0295. The smallest absolute Gasteiger partial charge is 0.173 e. The fourth-order valence-corrected chi connectivity index (χ4v) is 2.70. The highest BCUT2D eigenvalue weighted by Crippen LogP contribution is 2.29. The first-order valence-electron chi connectivity index (χ1n) is 7.46. The number of Topliss-reactive ketones (excluding diaryl/α,β-unsaturated/α-hetero) is 2. The maximum Gasteiger partial charge on any atom is 0.173 e. The van der Waals surface area contributed by atoms with E-state index in [-0.39, 0.29) is 24.1 Å². The average Bonchev–Trinajstić information content (AvgIpc) is 2.53. The fourth-order valence-electron chi connectivity index (χ4n) is 2.70. The third-order valence-electron chi connectivity index (χ3n) is 4.00. The van der Waals surface area contributed by atoms with Crippen molar-refractivity contribution < 1.29 is 19.1 Å². The summed E-state index contributed by atoms with van der Waals surface area (Å²) in [6.45, 7) is 1.57. The summed E-state index contributed by atoms with van der Waals surface area (Å²) in [5.41, 5.74) is 0.567. The minimum absolute atomic E-state index is 0.0295. The number of carbonyl (C=O) groups excluding carboxylic acids is 2. The van der Waals surface area contributed by atoms with E-state index in [9.17, 15) is 9.59 Å². The van der Waals surface area contributed by atoms with Crippen LogP contribution in [0.3, 0.4) is 0 Å². The predicted octanol–water partition coefficient (Wildman–Crippen LogP) is 3.43. The molecule has 0 atom stereocenters. The van der Waals surface area contributed by atoms with Crippen molar-refractivity contribution >= 4 is 11.6 Å². The topological polar surface area (TPSA) is 52.6 Å². The standard InChI is InChI=1S/C17H22O4/c1-12(18)14-8-9-16(17(10-14)20-2)21-11-15(19)13-6-4-3-5-7-13/h8-10,13H,3-7,11H2,1-2H3. The van der Waals surface area contributed by atoms with Gasteiger partial charge in [-0.25, -0.2) is 0 Å². The molecule has 0 aromatic heterocycles. The molecule has 2 rings (SSSR count). The highest BCUT2D eigenvalue weighted by Gasteiger charge is 2.21. The van der Waals surface area contributed by atoms with E-state index in [1.54, 1.807) is 18.2 Å². The summed E-state index contributed by atoms with van der Waals surface area (Å²) in [4.78, 5) is 23.5. The first-order valence-corrected chi connectivity index (χ1v) is 7.46. The van der Waals surface area contributed by atoms with Gasteiger partial charge in [-0.3, -0.25) is 9.59 Å². The van der Waals surface area contributed by atoms with Crippen molar-refractivity contribution in [1.82, 2.24) is 0 Å². The molecular formula is C17H22O4. The summed E-state index contributed by atoms with van der Waals surface area (Å²) in [7, 11) is 1.52. The Hall–Kier alpha value is -1.84. The van der Waals surface area contributed by atoms with E-state index in [0.29, 0.717) is 17.1 Å². The second-order valence-corrected chi connectivity index (χ2v) is 5.51. The molecule has 0 spiro atoms. The molecule has 0 heterocycles. The predicted molar refractivity (Wildman–Crippen MR) is 80.1 cm³/mol. The van der Waals surface area contributed by atoms with E-state index in [0.717, 1.165) is 25.7 Å².